The molecule has 0 saturated heterocycles. The minimum absolute atomic E-state index is 1.29. The standard InChI is InChI=1S/C29H19N/c1-30-25-17-15-19-9-3-5-11-21(19)27(25)28-24-16-14-18-8-2-4-10-20(18)26(24)22-12-6-7-13-23(22)29(28)30/h2-17H,1H3. The number of hydrogen-bond donors (Lipinski definition) is 0. The van der Waals surface area contributed by atoms with E-state index in [4.69, 9.17) is 0 Å². The molecular formula is C29H19N. The van der Waals surface area contributed by atoms with Crippen LogP contribution < -0.4 is 0 Å². The quantitative estimate of drug-likeness (QED) is 0.235. The topological polar surface area (TPSA) is 4.93 Å². The third-order valence-corrected chi connectivity index (χ3v) is 6.74. The summed E-state index contributed by atoms with van der Waals surface area (Å²) in [7, 11) is 2.21. The molecular weight excluding hydrogens is 362 g/mol. The molecule has 1 heterocycles. The number of rotatable bonds is 0. The van der Waals surface area contributed by atoms with Crippen molar-refractivity contribution < 1.29 is 0 Å². The summed E-state index contributed by atoms with van der Waals surface area (Å²) in [6, 6.07) is 35.5. The molecule has 0 amide bonds. The summed E-state index contributed by atoms with van der Waals surface area (Å²) in [5.41, 5.74) is 2.61. The van der Waals surface area contributed by atoms with Crippen LogP contribution in [0.1, 0.15) is 0 Å². The van der Waals surface area contributed by atoms with Crippen molar-refractivity contribution in [2.24, 2.45) is 7.05 Å². The molecule has 0 atom stereocenters. The summed E-state index contributed by atoms with van der Waals surface area (Å²) < 4.78 is 2.38. The van der Waals surface area contributed by atoms with Crippen LogP contribution in [0, 0.1) is 0 Å². The monoisotopic (exact) mass is 381 g/mol. The summed E-state index contributed by atoms with van der Waals surface area (Å²) in [5, 5.41) is 13.3. The molecule has 0 radical (unpaired) electrons. The van der Waals surface area contributed by atoms with Gasteiger partial charge in [0.15, 0.2) is 0 Å². The highest BCUT2D eigenvalue weighted by atomic mass is 14.9. The van der Waals surface area contributed by atoms with Gasteiger partial charge in [-0.15, -0.1) is 0 Å². The first kappa shape index (κ1) is 16.0. The Kier molecular flexibility index (Phi) is 2.99. The van der Waals surface area contributed by atoms with Crippen LogP contribution in [0.4, 0.5) is 0 Å². The molecule has 1 heteroatoms. The molecule has 30 heavy (non-hydrogen) atoms. The van der Waals surface area contributed by atoms with Crippen molar-refractivity contribution in [2.45, 2.75) is 0 Å². The minimum atomic E-state index is 1.29. The lowest BCUT2D eigenvalue weighted by molar-refractivity contribution is 1.02. The van der Waals surface area contributed by atoms with Gasteiger partial charge < -0.3 is 4.57 Å². The lowest BCUT2D eigenvalue weighted by atomic mass is 9.92. The first-order chi connectivity index (χ1) is 14.8. The maximum absolute atomic E-state index is 2.38. The highest BCUT2D eigenvalue weighted by Crippen LogP contribution is 2.44. The van der Waals surface area contributed by atoms with Gasteiger partial charge in [0.25, 0.3) is 0 Å². The predicted octanol–water partition coefficient (Wildman–Crippen LogP) is 7.94. The zero-order chi connectivity index (χ0) is 19.8. The van der Waals surface area contributed by atoms with E-state index in [0.717, 1.165) is 0 Å². The first-order valence-electron chi connectivity index (χ1n) is 10.4. The molecule has 0 unspecified atom stereocenters. The van der Waals surface area contributed by atoms with Gasteiger partial charge in [-0.3, -0.25) is 0 Å². The summed E-state index contributed by atoms with van der Waals surface area (Å²) in [6.07, 6.45) is 0. The van der Waals surface area contributed by atoms with E-state index in [9.17, 15) is 0 Å². The van der Waals surface area contributed by atoms with Gasteiger partial charge in [-0.2, -0.15) is 0 Å². The zero-order valence-corrected chi connectivity index (χ0v) is 16.7. The Morgan fingerprint density at radius 2 is 1.00 bits per heavy atom. The minimum Gasteiger partial charge on any atom is -0.343 e. The van der Waals surface area contributed by atoms with E-state index < -0.39 is 0 Å². The van der Waals surface area contributed by atoms with Crippen molar-refractivity contribution >= 4 is 64.9 Å². The molecule has 0 aliphatic carbocycles. The lowest BCUT2D eigenvalue weighted by Gasteiger charge is -2.12. The van der Waals surface area contributed by atoms with E-state index in [2.05, 4.69) is 109 Å². The molecule has 0 aliphatic heterocycles. The molecule has 140 valence electrons. The summed E-state index contributed by atoms with van der Waals surface area (Å²) in [5.74, 6) is 0. The van der Waals surface area contributed by atoms with Crippen LogP contribution >= 0.6 is 0 Å². The molecule has 0 fully saturated rings. The van der Waals surface area contributed by atoms with Crippen LogP contribution in [0.3, 0.4) is 0 Å². The van der Waals surface area contributed by atoms with Gasteiger partial charge in [-0.25, -0.2) is 0 Å². The predicted molar refractivity (Wildman–Crippen MR) is 130 cm³/mol. The molecule has 0 bridgehead atoms. The molecule has 1 nitrogen and oxygen atoms in total. The van der Waals surface area contributed by atoms with E-state index in [1.807, 2.05) is 0 Å². The average molecular weight is 381 g/mol. The number of hydrogen-bond acceptors (Lipinski definition) is 0. The van der Waals surface area contributed by atoms with Crippen molar-refractivity contribution in [3.05, 3.63) is 97.1 Å². The van der Waals surface area contributed by atoms with Crippen LogP contribution in [0.25, 0.3) is 64.9 Å². The lowest BCUT2D eigenvalue weighted by Crippen LogP contribution is -1.89. The third-order valence-electron chi connectivity index (χ3n) is 6.74. The van der Waals surface area contributed by atoms with E-state index in [1.54, 1.807) is 0 Å². The van der Waals surface area contributed by atoms with E-state index in [0.29, 0.717) is 0 Å². The third kappa shape index (κ3) is 1.87. The maximum atomic E-state index is 2.38. The fourth-order valence-electron chi connectivity index (χ4n) is 5.46. The number of fused-ring (bicyclic) bond motifs is 12. The Morgan fingerprint density at radius 1 is 0.433 bits per heavy atom. The Balaban J connectivity index is 1.93. The molecule has 7 rings (SSSR count). The first-order valence-corrected chi connectivity index (χ1v) is 10.4. The summed E-state index contributed by atoms with van der Waals surface area (Å²) in [4.78, 5) is 0. The van der Waals surface area contributed by atoms with Gasteiger partial charge in [0.1, 0.15) is 0 Å². The normalized spacial score (nSPS) is 12.2. The van der Waals surface area contributed by atoms with Crippen LogP contribution in [0.2, 0.25) is 0 Å². The molecule has 7 aromatic rings. The van der Waals surface area contributed by atoms with Crippen LogP contribution in [0.15, 0.2) is 97.1 Å². The molecule has 0 N–H and O–H groups in total. The maximum Gasteiger partial charge on any atom is 0.0575 e. The summed E-state index contributed by atoms with van der Waals surface area (Å²) in [6.45, 7) is 0. The van der Waals surface area contributed by atoms with Gasteiger partial charge in [-0.05, 0) is 43.8 Å². The second-order valence-electron chi connectivity index (χ2n) is 8.22. The Hall–Kier alpha value is -3.84. The Bertz CT molecular complexity index is 1800. The van der Waals surface area contributed by atoms with Crippen LogP contribution in [-0.2, 0) is 7.05 Å². The van der Waals surface area contributed by atoms with Gasteiger partial charge in [-0.1, -0.05) is 91.0 Å². The fourth-order valence-corrected chi connectivity index (χ4v) is 5.46. The van der Waals surface area contributed by atoms with Crippen molar-refractivity contribution in [1.82, 2.24) is 4.57 Å². The largest absolute Gasteiger partial charge is 0.343 e. The summed E-state index contributed by atoms with van der Waals surface area (Å²) >= 11 is 0. The molecule has 6 aromatic carbocycles. The van der Waals surface area contributed by atoms with Gasteiger partial charge in [0.05, 0.1) is 5.52 Å². The average Bonchev–Trinajstić information content (AvgIpc) is 3.12. The van der Waals surface area contributed by atoms with Gasteiger partial charge >= 0.3 is 0 Å². The second-order valence-corrected chi connectivity index (χ2v) is 8.22. The molecule has 0 saturated carbocycles. The number of aryl methyl sites for hydroxylation is 1. The smallest absolute Gasteiger partial charge is 0.0575 e. The number of aromatic nitrogens is 1. The van der Waals surface area contributed by atoms with Gasteiger partial charge in [0, 0.05) is 28.7 Å². The molecule has 0 spiro atoms. The highest BCUT2D eigenvalue weighted by Gasteiger charge is 2.18. The number of nitrogens with zero attached hydrogens (tertiary/aromatic N) is 1. The van der Waals surface area contributed by atoms with Crippen LogP contribution in [-0.4, -0.2) is 4.57 Å². The zero-order valence-electron chi connectivity index (χ0n) is 16.7. The van der Waals surface area contributed by atoms with Gasteiger partial charge in [0.2, 0.25) is 0 Å². The fraction of sp³-hybridized carbons (Fsp3) is 0.0345. The SMILES string of the molecule is Cn1c2ccc3ccccc3c2c2c3ccc4ccccc4c3c3ccccc3c21. The van der Waals surface area contributed by atoms with Crippen molar-refractivity contribution in [3.8, 4) is 0 Å². The van der Waals surface area contributed by atoms with Crippen molar-refractivity contribution in [1.29, 1.82) is 0 Å². The number of benzene rings is 6. The Labute approximate surface area is 173 Å². The van der Waals surface area contributed by atoms with Crippen molar-refractivity contribution in [3.63, 3.8) is 0 Å². The van der Waals surface area contributed by atoms with Crippen molar-refractivity contribution in [2.75, 3.05) is 0 Å². The van der Waals surface area contributed by atoms with E-state index in [-0.39, 0.29) is 0 Å². The van der Waals surface area contributed by atoms with E-state index >= 15 is 0 Å². The molecule has 1 aromatic heterocycles. The van der Waals surface area contributed by atoms with E-state index in [1.165, 1.54) is 64.9 Å². The highest BCUT2D eigenvalue weighted by molar-refractivity contribution is 6.38. The molecule has 0 aliphatic rings. The Morgan fingerprint density at radius 3 is 1.73 bits per heavy atom. The van der Waals surface area contributed by atoms with Crippen LogP contribution in [0.5, 0.6) is 0 Å². The second kappa shape index (κ2) is 5.61.